The fourth-order valence-corrected chi connectivity index (χ4v) is 3.23. The second-order valence-electron chi connectivity index (χ2n) is 6.85. The van der Waals surface area contributed by atoms with Gasteiger partial charge in [0.25, 0.3) is 5.91 Å². The highest BCUT2D eigenvalue weighted by molar-refractivity contribution is 6.10. The van der Waals surface area contributed by atoms with E-state index in [-0.39, 0.29) is 5.91 Å². The molecule has 3 N–H and O–H groups in total. The van der Waals surface area contributed by atoms with Crippen molar-refractivity contribution >= 4 is 29.2 Å². The molecule has 3 rings (SSSR count). The molecular weight excluding hydrogens is 356 g/mol. The summed E-state index contributed by atoms with van der Waals surface area (Å²) in [5.41, 5.74) is 2.41. The van der Waals surface area contributed by atoms with Gasteiger partial charge >= 0.3 is 5.97 Å². The summed E-state index contributed by atoms with van der Waals surface area (Å²) in [5, 5.41) is 14.9. The molecule has 144 valence electrons. The molecule has 2 amide bonds. The number of aliphatic carboxylic acids is 1. The summed E-state index contributed by atoms with van der Waals surface area (Å²) in [6, 6.07) is 14.1. The van der Waals surface area contributed by atoms with Crippen molar-refractivity contribution in [2.75, 3.05) is 10.6 Å². The molecule has 0 saturated carbocycles. The summed E-state index contributed by atoms with van der Waals surface area (Å²) in [6.07, 6.45) is 4.29. The molecule has 0 aliphatic heterocycles. The van der Waals surface area contributed by atoms with Crippen molar-refractivity contribution < 1.29 is 19.5 Å². The molecule has 28 heavy (non-hydrogen) atoms. The number of benzene rings is 2. The third-order valence-corrected chi connectivity index (χ3v) is 4.83. The summed E-state index contributed by atoms with van der Waals surface area (Å²) >= 11 is 0. The second kappa shape index (κ2) is 8.52. The van der Waals surface area contributed by atoms with Gasteiger partial charge < -0.3 is 15.7 Å². The van der Waals surface area contributed by atoms with Crippen LogP contribution in [0, 0.1) is 18.8 Å². The molecule has 0 fully saturated rings. The lowest BCUT2D eigenvalue weighted by Crippen LogP contribution is -2.35. The van der Waals surface area contributed by atoms with Crippen LogP contribution in [0.15, 0.2) is 60.7 Å². The SMILES string of the molecule is Cc1ccc(NC(=O)c2ccccc2NC(=O)[C@@H]2CC=CC[C@@H]2C(=O)O)cc1. The fraction of sp³-hybridized carbons (Fsp3) is 0.227. The maximum atomic E-state index is 12.7. The van der Waals surface area contributed by atoms with Gasteiger partial charge in [0.05, 0.1) is 23.1 Å². The first-order valence-electron chi connectivity index (χ1n) is 9.11. The molecule has 0 spiro atoms. The van der Waals surface area contributed by atoms with Gasteiger partial charge in [0.15, 0.2) is 0 Å². The van der Waals surface area contributed by atoms with Crippen molar-refractivity contribution in [2.24, 2.45) is 11.8 Å². The molecule has 6 heteroatoms. The van der Waals surface area contributed by atoms with Crippen molar-refractivity contribution in [3.8, 4) is 0 Å². The number of carbonyl (C=O) groups is 3. The van der Waals surface area contributed by atoms with E-state index in [1.807, 2.05) is 25.1 Å². The van der Waals surface area contributed by atoms with Gasteiger partial charge in [0.2, 0.25) is 5.91 Å². The third kappa shape index (κ3) is 4.46. The van der Waals surface area contributed by atoms with Crippen LogP contribution in [-0.2, 0) is 9.59 Å². The zero-order chi connectivity index (χ0) is 20.1. The Labute approximate surface area is 163 Å². The molecule has 0 saturated heterocycles. The van der Waals surface area contributed by atoms with E-state index in [0.717, 1.165) is 5.56 Å². The van der Waals surface area contributed by atoms with Crippen molar-refractivity contribution in [3.05, 3.63) is 71.8 Å². The monoisotopic (exact) mass is 378 g/mol. The first-order valence-corrected chi connectivity index (χ1v) is 9.11. The molecule has 0 aromatic heterocycles. The number of hydrogen-bond donors (Lipinski definition) is 3. The van der Waals surface area contributed by atoms with Crippen LogP contribution >= 0.6 is 0 Å². The fourth-order valence-electron chi connectivity index (χ4n) is 3.23. The van der Waals surface area contributed by atoms with Gasteiger partial charge in [-0.05, 0) is 44.0 Å². The highest BCUT2D eigenvalue weighted by atomic mass is 16.4. The lowest BCUT2D eigenvalue weighted by molar-refractivity contribution is -0.146. The minimum absolute atomic E-state index is 0.314. The lowest BCUT2D eigenvalue weighted by atomic mass is 9.82. The molecule has 0 bridgehead atoms. The van der Waals surface area contributed by atoms with Gasteiger partial charge in [-0.1, -0.05) is 42.0 Å². The first-order chi connectivity index (χ1) is 13.5. The topological polar surface area (TPSA) is 95.5 Å². The van der Waals surface area contributed by atoms with Crippen LogP contribution in [0.5, 0.6) is 0 Å². The van der Waals surface area contributed by atoms with Gasteiger partial charge in [-0.15, -0.1) is 0 Å². The van der Waals surface area contributed by atoms with Crippen LogP contribution in [0.2, 0.25) is 0 Å². The Balaban J connectivity index is 1.77. The van der Waals surface area contributed by atoms with E-state index in [2.05, 4.69) is 10.6 Å². The van der Waals surface area contributed by atoms with Gasteiger partial charge in [-0.2, -0.15) is 0 Å². The lowest BCUT2D eigenvalue weighted by Gasteiger charge is -2.24. The normalized spacial score (nSPS) is 18.3. The maximum absolute atomic E-state index is 12.7. The predicted octanol–water partition coefficient (Wildman–Crippen LogP) is 3.85. The van der Waals surface area contributed by atoms with Crippen molar-refractivity contribution in [3.63, 3.8) is 0 Å². The number of carboxylic acid groups (broad SMARTS) is 1. The number of anilines is 2. The summed E-state index contributed by atoms with van der Waals surface area (Å²) in [7, 11) is 0. The van der Waals surface area contributed by atoms with Crippen LogP contribution in [0.4, 0.5) is 11.4 Å². The van der Waals surface area contributed by atoms with Gasteiger partial charge in [-0.25, -0.2) is 0 Å². The van der Waals surface area contributed by atoms with Crippen molar-refractivity contribution in [1.82, 2.24) is 0 Å². The van der Waals surface area contributed by atoms with Crippen LogP contribution in [0.25, 0.3) is 0 Å². The van der Waals surface area contributed by atoms with E-state index < -0.39 is 23.7 Å². The summed E-state index contributed by atoms with van der Waals surface area (Å²) in [4.78, 5) is 36.8. The van der Waals surface area contributed by atoms with Crippen LogP contribution in [0.1, 0.15) is 28.8 Å². The molecule has 1 aliphatic rings. The molecule has 6 nitrogen and oxygen atoms in total. The Morgan fingerprint density at radius 2 is 1.54 bits per heavy atom. The third-order valence-electron chi connectivity index (χ3n) is 4.83. The highest BCUT2D eigenvalue weighted by Crippen LogP contribution is 2.28. The van der Waals surface area contributed by atoms with Gasteiger partial charge in [0.1, 0.15) is 0 Å². The first kappa shape index (κ1) is 19.4. The number of aryl methyl sites for hydroxylation is 1. The van der Waals surface area contributed by atoms with Gasteiger partial charge in [0, 0.05) is 5.69 Å². The average molecular weight is 378 g/mol. The standard InChI is InChI=1S/C22H22N2O4/c1-14-10-12-15(13-11-14)23-21(26)18-8-4-5-9-19(18)24-20(25)16-6-2-3-7-17(16)22(27)28/h2-5,8-13,16-17H,6-7H2,1H3,(H,23,26)(H,24,25)(H,27,28)/t16-,17+/m1/s1. The van der Waals surface area contributed by atoms with E-state index in [9.17, 15) is 19.5 Å². The largest absolute Gasteiger partial charge is 0.481 e. The van der Waals surface area contributed by atoms with E-state index in [0.29, 0.717) is 29.8 Å². The molecular formula is C22H22N2O4. The van der Waals surface area contributed by atoms with Crippen LogP contribution < -0.4 is 10.6 Å². The number of rotatable bonds is 5. The van der Waals surface area contributed by atoms with E-state index in [1.165, 1.54) is 0 Å². The van der Waals surface area contributed by atoms with Crippen molar-refractivity contribution in [1.29, 1.82) is 0 Å². The molecule has 2 aromatic carbocycles. The molecule has 0 unspecified atom stereocenters. The number of hydrogen-bond acceptors (Lipinski definition) is 3. The average Bonchev–Trinajstić information content (AvgIpc) is 2.70. The summed E-state index contributed by atoms with van der Waals surface area (Å²) in [5.74, 6) is -3.17. The number of nitrogens with one attached hydrogen (secondary N) is 2. The quantitative estimate of drug-likeness (QED) is 0.689. The Bertz CT molecular complexity index is 918. The van der Waals surface area contributed by atoms with Gasteiger partial charge in [-0.3, -0.25) is 14.4 Å². The van der Waals surface area contributed by atoms with E-state index in [1.54, 1.807) is 42.5 Å². The minimum Gasteiger partial charge on any atom is -0.481 e. The molecule has 1 aliphatic carbocycles. The number of amides is 2. The Hall–Kier alpha value is -3.41. The minimum atomic E-state index is -0.991. The Morgan fingerprint density at radius 1 is 0.893 bits per heavy atom. The number of carbonyl (C=O) groups excluding carboxylic acids is 2. The van der Waals surface area contributed by atoms with E-state index in [4.69, 9.17) is 0 Å². The summed E-state index contributed by atoms with van der Waals surface area (Å²) in [6.45, 7) is 1.96. The Kier molecular flexibility index (Phi) is 5.89. The molecule has 2 atom stereocenters. The maximum Gasteiger partial charge on any atom is 0.307 e. The van der Waals surface area contributed by atoms with E-state index >= 15 is 0 Å². The number of para-hydroxylation sites is 1. The zero-order valence-electron chi connectivity index (χ0n) is 15.5. The molecule has 2 aromatic rings. The van der Waals surface area contributed by atoms with Crippen LogP contribution in [0.3, 0.4) is 0 Å². The Morgan fingerprint density at radius 3 is 2.21 bits per heavy atom. The second-order valence-corrected chi connectivity index (χ2v) is 6.85. The van der Waals surface area contributed by atoms with Crippen molar-refractivity contribution in [2.45, 2.75) is 19.8 Å². The zero-order valence-corrected chi connectivity index (χ0v) is 15.5. The van der Waals surface area contributed by atoms with Crippen LogP contribution in [-0.4, -0.2) is 22.9 Å². The molecule has 0 radical (unpaired) electrons. The highest BCUT2D eigenvalue weighted by Gasteiger charge is 2.34. The number of allylic oxidation sites excluding steroid dienone is 2. The summed E-state index contributed by atoms with van der Waals surface area (Å²) < 4.78 is 0. The number of carboxylic acids is 1. The molecule has 0 heterocycles. The smallest absolute Gasteiger partial charge is 0.307 e. The predicted molar refractivity (Wildman–Crippen MR) is 107 cm³/mol.